The van der Waals surface area contributed by atoms with E-state index in [1.165, 1.54) is 19.3 Å². The van der Waals surface area contributed by atoms with E-state index in [2.05, 4.69) is 11.9 Å². The highest BCUT2D eigenvalue weighted by Crippen LogP contribution is 2.21. The van der Waals surface area contributed by atoms with Crippen LogP contribution in [0.4, 0.5) is 0 Å². The molecule has 1 rings (SSSR count). The highest BCUT2D eigenvalue weighted by molar-refractivity contribution is 4.86. The third kappa shape index (κ3) is 3.25. The van der Waals surface area contributed by atoms with Crippen LogP contribution in [0, 0.1) is 0 Å². The number of rotatable bonds is 5. The van der Waals surface area contributed by atoms with Gasteiger partial charge >= 0.3 is 0 Å². The Kier molecular flexibility index (Phi) is 4.70. The predicted molar refractivity (Wildman–Crippen MR) is 54.7 cm³/mol. The van der Waals surface area contributed by atoms with Crippen molar-refractivity contribution in [3.8, 4) is 0 Å². The van der Waals surface area contributed by atoms with E-state index < -0.39 is 0 Å². The van der Waals surface area contributed by atoms with Crippen LogP contribution in [0.3, 0.4) is 0 Å². The van der Waals surface area contributed by atoms with Gasteiger partial charge in [-0.15, -0.1) is 0 Å². The highest BCUT2D eigenvalue weighted by atomic mass is 16.5. The summed E-state index contributed by atoms with van der Waals surface area (Å²) in [6.45, 7) is 1.96. The molecule has 78 valence electrons. The molecule has 1 aliphatic carbocycles. The van der Waals surface area contributed by atoms with Gasteiger partial charge in [-0.05, 0) is 26.3 Å². The van der Waals surface area contributed by atoms with Crippen LogP contribution in [0.15, 0.2) is 0 Å². The first kappa shape index (κ1) is 11.0. The standard InChI is InChI=1S/C10H22N2O/c1-12(7-4-8-13-2)10-6-3-5-9(10)11/h9-10H,3-8,11H2,1-2H3. The summed E-state index contributed by atoms with van der Waals surface area (Å²) in [7, 11) is 3.92. The maximum Gasteiger partial charge on any atom is 0.0474 e. The van der Waals surface area contributed by atoms with Crippen molar-refractivity contribution in [1.82, 2.24) is 4.90 Å². The van der Waals surface area contributed by atoms with Crippen LogP contribution in [-0.2, 0) is 4.74 Å². The molecular formula is C10H22N2O. The molecule has 0 aliphatic heterocycles. The quantitative estimate of drug-likeness (QED) is 0.646. The van der Waals surface area contributed by atoms with Gasteiger partial charge in [0, 0.05) is 32.3 Å². The molecule has 2 unspecified atom stereocenters. The molecule has 13 heavy (non-hydrogen) atoms. The van der Waals surface area contributed by atoms with Crippen molar-refractivity contribution in [2.45, 2.75) is 37.8 Å². The maximum absolute atomic E-state index is 6.01. The molecule has 0 heterocycles. The van der Waals surface area contributed by atoms with Crippen molar-refractivity contribution in [3.05, 3.63) is 0 Å². The Morgan fingerprint density at radius 3 is 2.77 bits per heavy atom. The summed E-state index contributed by atoms with van der Waals surface area (Å²) in [5.74, 6) is 0. The Balaban J connectivity index is 2.18. The Labute approximate surface area is 81.2 Å². The monoisotopic (exact) mass is 186 g/mol. The second-order valence-corrected chi connectivity index (χ2v) is 3.99. The number of hydrogen-bond donors (Lipinski definition) is 1. The zero-order chi connectivity index (χ0) is 9.68. The van der Waals surface area contributed by atoms with Gasteiger partial charge in [-0.1, -0.05) is 6.42 Å². The molecule has 1 aliphatic rings. The van der Waals surface area contributed by atoms with Crippen LogP contribution >= 0.6 is 0 Å². The van der Waals surface area contributed by atoms with E-state index in [9.17, 15) is 0 Å². The van der Waals surface area contributed by atoms with Gasteiger partial charge in [0.15, 0.2) is 0 Å². The van der Waals surface area contributed by atoms with Crippen molar-refractivity contribution in [2.75, 3.05) is 27.3 Å². The molecule has 2 N–H and O–H groups in total. The fourth-order valence-corrected chi connectivity index (χ4v) is 2.14. The summed E-state index contributed by atoms with van der Waals surface area (Å²) in [4.78, 5) is 2.39. The lowest BCUT2D eigenvalue weighted by molar-refractivity contribution is 0.162. The van der Waals surface area contributed by atoms with E-state index in [1.54, 1.807) is 7.11 Å². The second-order valence-electron chi connectivity index (χ2n) is 3.99. The fourth-order valence-electron chi connectivity index (χ4n) is 2.14. The van der Waals surface area contributed by atoms with Crippen LogP contribution < -0.4 is 5.73 Å². The second kappa shape index (κ2) is 5.58. The molecule has 3 nitrogen and oxygen atoms in total. The average Bonchev–Trinajstić information content (AvgIpc) is 2.52. The fraction of sp³-hybridized carbons (Fsp3) is 1.00. The van der Waals surface area contributed by atoms with Gasteiger partial charge in [-0.2, -0.15) is 0 Å². The average molecular weight is 186 g/mol. The molecule has 0 saturated heterocycles. The first-order valence-corrected chi connectivity index (χ1v) is 5.20. The number of nitrogens with zero attached hydrogens (tertiary/aromatic N) is 1. The van der Waals surface area contributed by atoms with E-state index in [0.29, 0.717) is 12.1 Å². The van der Waals surface area contributed by atoms with Crippen molar-refractivity contribution < 1.29 is 4.74 Å². The largest absolute Gasteiger partial charge is 0.385 e. The van der Waals surface area contributed by atoms with Gasteiger partial charge in [0.1, 0.15) is 0 Å². The normalized spacial score (nSPS) is 28.6. The van der Waals surface area contributed by atoms with Gasteiger partial charge in [0.05, 0.1) is 0 Å². The van der Waals surface area contributed by atoms with E-state index >= 15 is 0 Å². The van der Waals surface area contributed by atoms with Crippen molar-refractivity contribution in [1.29, 1.82) is 0 Å². The molecule has 2 atom stereocenters. The predicted octanol–water partition coefficient (Wildman–Crippen LogP) is 0.835. The maximum atomic E-state index is 6.01. The Hall–Kier alpha value is -0.120. The lowest BCUT2D eigenvalue weighted by atomic mass is 10.1. The minimum Gasteiger partial charge on any atom is -0.385 e. The molecule has 0 radical (unpaired) electrons. The summed E-state index contributed by atoms with van der Waals surface area (Å²) in [6, 6.07) is 1.00. The molecule has 0 aromatic rings. The highest BCUT2D eigenvalue weighted by Gasteiger charge is 2.26. The Bertz CT molecular complexity index is 141. The summed E-state index contributed by atoms with van der Waals surface area (Å²) in [6.07, 6.45) is 4.86. The zero-order valence-corrected chi connectivity index (χ0v) is 8.83. The first-order valence-electron chi connectivity index (χ1n) is 5.20. The molecule has 1 fully saturated rings. The molecule has 0 spiro atoms. The summed E-state index contributed by atoms with van der Waals surface area (Å²) in [5, 5.41) is 0. The van der Waals surface area contributed by atoms with Crippen molar-refractivity contribution >= 4 is 0 Å². The lowest BCUT2D eigenvalue weighted by Gasteiger charge is -2.27. The SMILES string of the molecule is COCCCN(C)C1CCCC1N. The molecular weight excluding hydrogens is 164 g/mol. The number of hydrogen-bond acceptors (Lipinski definition) is 3. The van der Waals surface area contributed by atoms with Crippen molar-refractivity contribution in [3.63, 3.8) is 0 Å². The minimum atomic E-state index is 0.396. The third-order valence-electron chi connectivity index (χ3n) is 2.96. The number of nitrogens with two attached hydrogens (primary N) is 1. The summed E-state index contributed by atoms with van der Waals surface area (Å²) in [5.41, 5.74) is 6.01. The van der Waals surface area contributed by atoms with E-state index in [-0.39, 0.29) is 0 Å². The van der Waals surface area contributed by atoms with Crippen LogP contribution in [-0.4, -0.2) is 44.3 Å². The van der Waals surface area contributed by atoms with Crippen LogP contribution in [0.5, 0.6) is 0 Å². The molecule has 0 aromatic heterocycles. The van der Waals surface area contributed by atoms with Crippen LogP contribution in [0.25, 0.3) is 0 Å². The Morgan fingerprint density at radius 2 is 2.23 bits per heavy atom. The molecule has 0 aromatic carbocycles. The van der Waals surface area contributed by atoms with E-state index in [0.717, 1.165) is 19.6 Å². The molecule has 0 amide bonds. The van der Waals surface area contributed by atoms with E-state index in [4.69, 9.17) is 10.5 Å². The molecule has 1 saturated carbocycles. The Morgan fingerprint density at radius 1 is 1.46 bits per heavy atom. The number of ether oxygens (including phenoxy) is 1. The first-order chi connectivity index (χ1) is 6.25. The van der Waals surface area contributed by atoms with Gasteiger partial charge < -0.3 is 15.4 Å². The van der Waals surface area contributed by atoms with Gasteiger partial charge in [-0.3, -0.25) is 0 Å². The lowest BCUT2D eigenvalue weighted by Crippen LogP contribution is -2.42. The zero-order valence-electron chi connectivity index (χ0n) is 8.83. The summed E-state index contributed by atoms with van der Waals surface area (Å²) < 4.78 is 5.02. The van der Waals surface area contributed by atoms with Crippen LogP contribution in [0.2, 0.25) is 0 Å². The van der Waals surface area contributed by atoms with Crippen molar-refractivity contribution in [2.24, 2.45) is 5.73 Å². The van der Waals surface area contributed by atoms with Gasteiger partial charge in [0.25, 0.3) is 0 Å². The topological polar surface area (TPSA) is 38.5 Å². The third-order valence-corrected chi connectivity index (χ3v) is 2.96. The minimum absolute atomic E-state index is 0.396. The molecule has 3 heteroatoms. The smallest absolute Gasteiger partial charge is 0.0474 e. The van der Waals surface area contributed by atoms with Gasteiger partial charge in [-0.25, -0.2) is 0 Å². The molecule has 0 bridgehead atoms. The van der Waals surface area contributed by atoms with E-state index in [1.807, 2.05) is 0 Å². The summed E-state index contributed by atoms with van der Waals surface area (Å²) >= 11 is 0. The van der Waals surface area contributed by atoms with Crippen LogP contribution in [0.1, 0.15) is 25.7 Å². The number of likely N-dealkylation sites (N-methyl/N-ethyl adjacent to an activating group) is 1. The number of methoxy groups -OCH3 is 1. The van der Waals surface area contributed by atoms with Gasteiger partial charge in [0.2, 0.25) is 0 Å².